The number of ketones is 1. The molecule has 0 aromatic rings. The maximum Gasteiger partial charge on any atom is 0.436 e. The van der Waals surface area contributed by atoms with E-state index in [2.05, 4.69) is 31.2 Å². The lowest BCUT2D eigenvalue weighted by Crippen LogP contribution is -2.51. The molecular weight excluding hydrogens is 466 g/mol. The monoisotopic (exact) mass is 513 g/mol. The van der Waals surface area contributed by atoms with Gasteiger partial charge in [-0.3, -0.25) is 9.63 Å². The van der Waals surface area contributed by atoms with Crippen molar-refractivity contribution < 1.29 is 19.5 Å². The minimum atomic E-state index is -0.468. The molecule has 1 heterocycles. The second-order valence-corrected chi connectivity index (χ2v) is 13.2. The molecule has 7 nitrogen and oxygen atoms in total. The first-order valence-electron chi connectivity index (χ1n) is 14.8. The van der Waals surface area contributed by atoms with E-state index in [0.717, 1.165) is 37.9 Å². The van der Waals surface area contributed by atoms with Gasteiger partial charge in [-0.15, -0.1) is 0 Å². The summed E-state index contributed by atoms with van der Waals surface area (Å²) >= 11 is 0. The zero-order valence-corrected chi connectivity index (χ0v) is 23.3. The van der Waals surface area contributed by atoms with Crippen LogP contribution in [0.1, 0.15) is 85.5 Å². The van der Waals surface area contributed by atoms with Gasteiger partial charge in [0.1, 0.15) is 0 Å². The van der Waals surface area contributed by atoms with Gasteiger partial charge < -0.3 is 15.3 Å². The highest BCUT2D eigenvalue weighted by molar-refractivity contribution is 5.91. The first-order valence-corrected chi connectivity index (χ1v) is 14.8. The van der Waals surface area contributed by atoms with E-state index in [0.29, 0.717) is 48.3 Å². The first kappa shape index (κ1) is 26.9. The van der Waals surface area contributed by atoms with Crippen LogP contribution >= 0.6 is 0 Å². The minimum absolute atomic E-state index is 0.0895. The zero-order valence-electron chi connectivity index (χ0n) is 23.3. The molecule has 2 N–H and O–H groups in total. The molecule has 3 saturated carbocycles. The Balaban J connectivity index is 1.26. The summed E-state index contributed by atoms with van der Waals surface area (Å²) in [7, 11) is 0. The lowest BCUT2D eigenvalue weighted by Gasteiger charge is -2.58. The number of aliphatic hydroxyl groups excluding tert-OH is 1. The Morgan fingerprint density at radius 2 is 1.97 bits per heavy atom. The number of oxime groups is 1. The fourth-order valence-electron chi connectivity index (χ4n) is 9.24. The summed E-state index contributed by atoms with van der Waals surface area (Å²) in [6, 6.07) is 0.226. The SMILES string of the molecule is C/C(=N\OC(=O)N(CCO)CC1NCCC1C)[C@H]1CC[C@H]2[C@@H]3CCC4=CC(=O)CC[C@]4(C)[C@H]3CC[C@]12C. The molecule has 206 valence electrons. The summed E-state index contributed by atoms with van der Waals surface area (Å²) in [6.07, 6.45) is 11.3. The van der Waals surface area contributed by atoms with Crippen LogP contribution in [0.25, 0.3) is 0 Å². The van der Waals surface area contributed by atoms with Gasteiger partial charge in [0.2, 0.25) is 0 Å². The summed E-state index contributed by atoms with van der Waals surface area (Å²) in [5.74, 6) is 3.18. The molecule has 0 spiro atoms. The molecule has 4 fully saturated rings. The van der Waals surface area contributed by atoms with Gasteiger partial charge in [0, 0.05) is 31.5 Å². The van der Waals surface area contributed by atoms with Crippen LogP contribution in [0.15, 0.2) is 16.8 Å². The minimum Gasteiger partial charge on any atom is -0.395 e. The molecule has 0 bridgehead atoms. The van der Waals surface area contributed by atoms with E-state index in [4.69, 9.17) is 4.84 Å². The van der Waals surface area contributed by atoms with Crippen LogP contribution in [-0.2, 0) is 9.63 Å². The molecular formula is C30H47N3O4. The maximum absolute atomic E-state index is 12.9. The molecule has 0 aromatic carbocycles. The molecule has 4 aliphatic carbocycles. The molecule has 0 aromatic heterocycles. The normalized spacial score (nSPS) is 41.5. The van der Waals surface area contributed by atoms with Crippen molar-refractivity contribution in [3.8, 4) is 0 Å². The quantitative estimate of drug-likeness (QED) is 0.298. The smallest absolute Gasteiger partial charge is 0.395 e. The van der Waals surface area contributed by atoms with Gasteiger partial charge in [-0.2, -0.15) is 0 Å². The fraction of sp³-hybridized carbons (Fsp3) is 0.833. The molecule has 7 heteroatoms. The predicted octanol–water partition coefficient (Wildman–Crippen LogP) is 4.94. The number of carbonyl (C=O) groups is 2. The van der Waals surface area contributed by atoms with E-state index < -0.39 is 6.09 Å². The summed E-state index contributed by atoms with van der Waals surface area (Å²) in [5, 5.41) is 17.4. The van der Waals surface area contributed by atoms with Gasteiger partial charge in [0.15, 0.2) is 5.78 Å². The molecule has 1 aliphatic heterocycles. The van der Waals surface area contributed by atoms with Crippen molar-refractivity contribution in [2.45, 2.75) is 91.5 Å². The van der Waals surface area contributed by atoms with Gasteiger partial charge in [-0.25, -0.2) is 4.79 Å². The van der Waals surface area contributed by atoms with E-state index in [1.54, 1.807) is 4.90 Å². The molecule has 5 aliphatic rings. The van der Waals surface area contributed by atoms with E-state index in [1.807, 2.05) is 13.0 Å². The van der Waals surface area contributed by atoms with Crippen molar-refractivity contribution in [1.82, 2.24) is 10.2 Å². The number of rotatable bonds is 6. The van der Waals surface area contributed by atoms with Crippen LogP contribution in [-0.4, -0.2) is 59.9 Å². The average Bonchev–Trinajstić information content (AvgIpc) is 3.44. The van der Waals surface area contributed by atoms with Crippen LogP contribution in [0.2, 0.25) is 0 Å². The Bertz CT molecular complexity index is 962. The number of hydrogen-bond acceptors (Lipinski definition) is 6. The number of nitrogens with one attached hydrogen (secondary N) is 1. The Hall–Kier alpha value is -1.73. The molecule has 1 saturated heterocycles. The third kappa shape index (κ3) is 4.80. The highest BCUT2D eigenvalue weighted by atomic mass is 16.7. The number of aliphatic hydroxyl groups is 1. The fourth-order valence-corrected chi connectivity index (χ4v) is 9.24. The van der Waals surface area contributed by atoms with Crippen molar-refractivity contribution in [2.24, 2.45) is 45.6 Å². The molecule has 37 heavy (non-hydrogen) atoms. The zero-order chi connectivity index (χ0) is 26.4. The lowest BCUT2D eigenvalue weighted by molar-refractivity contribution is -0.117. The van der Waals surface area contributed by atoms with E-state index in [1.165, 1.54) is 31.3 Å². The van der Waals surface area contributed by atoms with Crippen LogP contribution in [0.3, 0.4) is 0 Å². The topological polar surface area (TPSA) is 91.2 Å². The van der Waals surface area contributed by atoms with E-state index in [-0.39, 0.29) is 30.0 Å². The van der Waals surface area contributed by atoms with Gasteiger partial charge in [0.05, 0.1) is 12.3 Å². The lowest BCUT2D eigenvalue weighted by atomic mass is 9.46. The van der Waals surface area contributed by atoms with E-state index >= 15 is 0 Å². The Labute approximate surface area is 222 Å². The van der Waals surface area contributed by atoms with Gasteiger partial charge in [-0.1, -0.05) is 31.5 Å². The second-order valence-electron chi connectivity index (χ2n) is 13.2. The maximum atomic E-state index is 12.9. The standard InChI is InChI=1S/C30H47N3O4/c1-19-11-14-31-27(19)18-33(15-16-34)28(36)37-32-20(2)24-7-8-25-23-6-5-21-17-22(35)9-12-29(21,3)26(23)10-13-30(24,25)4/h17,19,23-27,31,34H,5-16,18H2,1-4H3/b32-20+/t19?,23-,24+,25-,26-,27?,29-,30+/m0/s1. The first-order chi connectivity index (χ1) is 17.7. The van der Waals surface area contributed by atoms with Crippen molar-refractivity contribution in [3.05, 3.63) is 11.6 Å². The molecule has 8 atom stereocenters. The van der Waals surface area contributed by atoms with Crippen LogP contribution in [0.4, 0.5) is 4.79 Å². The summed E-state index contributed by atoms with van der Waals surface area (Å²) in [5.41, 5.74) is 2.72. The number of carbonyl (C=O) groups excluding carboxylic acids is 2. The summed E-state index contributed by atoms with van der Waals surface area (Å²) < 4.78 is 0. The Morgan fingerprint density at radius 1 is 1.16 bits per heavy atom. The summed E-state index contributed by atoms with van der Waals surface area (Å²) in [6.45, 7) is 10.8. The van der Waals surface area contributed by atoms with Gasteiger partial charge in [-0.05, 0) is 105 Å². The predicted molar refractivity (Wildman–Crippen MR) is 144 cm³/mol. The highest BCUT2D eigenvalue weighted by Crippen LogP contribution is 2.66. The van der Waals surface area contributed by atoms with Gasteiger partial charge in [0.25, 0.3) is 0 Å². The largest absolute Gasteiger partial charge is 0.436 e. The Kier molecular flexibility index (Phi) is 7.58. The molecule has 0 radical (unpaired) electrons. The van der Waals surface area contributed by atoms with E-state index in [9.17, 15) is 14.7 Å². The number of fused-ring (bicyclic) bond motifs is 5. The van der Waals surface area contributed by atoms with Crippen LogP contribution in [0.5, 0.6) is 0 Å². The number of allylic oxidation sites excluding steroid dienone is 1. The number of nitrogens with zero attached hydrogens (tertiary/aromatic N) is 2. The third-order valence-corrected chi connectivity index (χ3v) is 11.5. The summed E-state index contributed by atoms with van der Waals surface area (Å²) in [4.78, 5) is 32.1. The van der Waals surface area contributed by atoms with Gasteiger partial charge >= 0.3 is 6.09 Å². The average molecular weight is 514 g/mol. The molecule has 5 rings (SSSR count). The van der Waals surface area contributed by atoms with Crippen LogP contribution < -0.4 is 5.32 Å². The number of hydrogen-bond donors (Lipinski definition) is 2. The van der Waals surface area contributed by atoms with Crippen LogP contribution in [0, 0.1) is 40.4 Å². The Morgan fingerprint density at radius 3 is 2.70 bits per heavy atom. The van der Waals surface area contributed by atoms with Crippen molar-refractivity contribution in [1.29, 1.82) is 0 Å². The number of amides is 1. The van der Waals surface area contributed by atoms with Crippen molar-refractivity contribution in [2.75, 3.05) is 26.2 Å². The van der Waals surface area contributed by atoms with Crippen molar-refractivity contribution in [3.63, 3.8) is 0 Å². The van der Waals surface area contributed by atoms with Crippen molar-refractivity contribution >= 4 is 17.6 Å². The second kappa shape index (κ2) is 10.4. The molecule has 2 unspecified atom stereocenters. The molecule has 1 amide bonds. The third-order valence-electron chi connectivity index (χ3n) is 11.5. The highest BCUT2D eigenvalue weighted by Gasteiger charge is 2.59.